The first-order valence-electron chi connectivity index (χ1n) is 18.6. The summed E-state index contributed by atoms with van der Waals surface area (Å²) >= 11 is 0. The maximum atomic E-state index is 15.3. The molecule has 1 aromatic carbocycles. The van der Waals surface area contributed by atoms with Crippen molar-refractivity contribution in [1.29, 1.82) is 0 Å². The molecule has 2 bridgehead atoms. The van der Waals surface area contributed by atoms with E-state index >= 15 is 8.78 Å². The first kappa shape index (κ1) is 35.5. The number of amides is 1. The monoisotopic (exact) mass is 735 g/mol. The van der Waals surface area contributed by atoms with Crippen LogP contribution in [0.15, 0.2) is 36.8 Å². The van der Waals surface area contributed by atoms with Crippen LogP contribution in [0.25, 0.3) is 0 Å². The van der Waals surface area contributed by atoms with Crippen molar-refractivity contribution >= 4 is 29.5 Å². The van der Waals surface area contributed by atoms with E-state index in [0.717, 1.165) is 50.3 Å². The van der Waals surface area contributed by atoms with Gasteiger partial charge in [0.15, 0.2) is 5.82 Å². The van der Waals surface area contributed by atoms with Gasteiger partial charge >= 0.3 is 5.97 Å². The van der Waals surface area contributed by atoms with Crippen molar-refractivity contribution in [3.8, 4) is 5.75 Å². The minimum atomic E-state index is -3.42. The number of benzene rings is 1. The molecule has 0 radical (unpaired) electrons. The third-order valence-electron chi connectivity index (χ3n) is 11.9. The number of fused-ring (bicyclic) bond motifs is 4. The number of carbonyl (C=O) groups is 2. The lowest BCUT2D eigenvalue weighted by atomic mass is 9.66. The molecule has 15 heteroatoms. The second-order valence-electron chi connectivity index (χ2n) is 15.6. The predicted octanol–water partition coefficient (Wildman–Crippen LogP) is 5.77. The average molecular weight is 736 g/mol. The molecule has 2 saturated carbocycles. The Hall–Kier alpha value is -4.53. The van der Waals surface area contributed by atoms with Crippen LogP contribution >= 0.6 is 0 Å². The van der Waals surface area contributed by atoms with E-state index in [2.05, 4.69) is 25.3 Å². The van der Waals surface area contributed by atoms with Crippen LogP contribution < -0.4 is 19.9 Å². The number of rotatable bonds is 8. The molecule has 5 aliphatic rings. The van der Waals surface area contributed by atoms with Crippen LogP contribution in [0.1, 0.15) is 86.3 Å². The highest BCUT2D eigenvalue weighted by atomic mass is 19.3. The van der Waals surface area contributed by atoms with Crippen LogP contribution in [0.4, 0.5) is 30.8 Å². The molecule has 2 atom stereocenters. The molecule has 8 rings (SSSR count). The summed E-state index contributed by atoms with van der Waals surface area (Å²) in [6.07, 6.45) is 9.73. The van der Waals surface area contributed by atoms with Gasteiger partial charge in [-0.1, -0.05) is 0 Å². The molecule has 53 heavy (non-hydrogen) atoms. The number of alkyl halides is 2. The number of aliphatic carboxylic acids is 1. The van der Waals surface area contributed by atoms with Crippen LogP contribution in [0.3, 0.4) is 0 Å². The van der Waals surface area contributed by atoms with Crippen LogP contribution in [-0.2, 0) is 20.9 Å². The van der Waals surface area contributed by atoms with Crippen molar-refractivity contribution in [2.24, 2.45) is 17.8 Å². The number of hydrogen-bond acceptors (Lipinski definition) is 10. The highest BCUT2D eigenvalue weighted by molar-refractivity contribution is 5.95. The summed E-state index contributed by atoms with van der Waals surface area (Å²) in [6.45, 7) is 3.65. The lowest BCUT2D eigenvalue weighted by molar-refractivity contribution is -0.144. The standard InChI is InChI=1S/C38H44F3N7O5/c1-37(40,41)32-29(33(49)45-26-15-22-12-23(16-26)14-24(13-22)34(50)51)20-44-36(46-32)48-21-38(6-10-52-11-7-38)30-17-28(2-3-31(30)48)53-27-4-8-47(9-5-27)35-42-18-25(39)19-43-35/h2-3,17-20,22-24,26-27H,4-16,21H2,1H3,(H,45,49)(H,50,51). The number of halogens is 3. The molecular weight excluding hydrogens is 691 g/mol. The van der Waals surface area contributed by atoms with Gasteiger partial charge in [-0.2, -0.15) is 8.78 Å². The molecule has 12 nitrogen and oxygen atoms in total. The van der Waals surface area contributed by atoms with Crippen LogP contribution in [0, 0.1) is 23.6 Å². The van der Waals surface area contributed by atoms with E-state index in [1.54, 1.807) is 0 Å². The van der Waals surface area contributed by atoms with E-state index in [1.807, 2.05) is 28.0 Å². The maximum absolute atomic E-state index is 15.3. The minimum Gasteiger partial charge on any atom is -0.490 e. The number of carbonyl (C=O) groups excluding carboxylic acids is 1. The molecule has 2 saturated heterocycles. The number of nitrogens with zero attached hydrogens (tertiary/aromatic N) is 6. The number of hydrogen-bond donors (Lipinski definition) is 2. The van der Waals surface area contributed by atoms with Gasteiger partial charge in [0.25, 0.3) is 11.8 Å². The highest BCUT2D eigenvalue weighted by Gasteiger charge is 2.46. The number of aromatic nitrogens is 4. The maximum Gasteiger partial charge on any atom is 0.306 e. The van der Waals surface area contributed by atoms with E-state index in [-0.39, 0.29) is 46.8 Å². The van der Waals surface area contributed by atoms with Crippen LogP contribution in [0.2, 0.25) is 0 Å². The Balaban J connectivity index is 1.00. The Morgan fingerprint density at radius 3 is 2.32 bits per heavy atom. The molecule has 2 unspecified atom stereocenters. The Bertz CT molecular complexity index is 1830. The zero-order valence-corrected chi connectivity index (χ0v) is 29.6. The number of piperidine rings is 1. The number of nitrogens with one attached hydrogen (secondary N) is 1. The van der Waals surface area contributed by atoms with Gasteiger partial charge in [0.2, 0.25) is 11.9 Å². The Morgan fingerprint density at radius 2 is 1.66 bits per heavy atom. The molecule has 3 aromatic rings. The zero-order valence-electron chi connectivity index (χ0n) is 29.6. The molecule has 1 amide bonds. The lowest BCUT2D eigenvalue weighted by Crippen LogP contribution is -2.44. The second kappa shape index (κ2) is 14.0. The van der Waals surface area contributed by atoms with Crippen molar-refractivity contribution in [2.45, 2.75) is 88.2 Å². The van der Waals surface area contributed by atoms with Crippen molar-refractivity contribution in [3.63, 3.8) is 0 Å². The summed E-state index contributed by atoms with van der Waals surface area (Å²) in [7, 11) is 0. The third-order valence-corrected chi connectivity index (χ3v) is 11.9. The molecule has 2 aliphatic carbocycles. The van der Waals surface area contributed by atoms with Gasteiger partial charge in [-0.3, -0.25) is 9.59 Å². The van der Waals surface area contributed by atoms with E-state index in [1.165, 1.54) is 18.6 Å². The molecule has 1 spiro atoms. The number of carboxylic acid groups (broad SMARTS) is 1. The SMILES string of the molecule is CC(F)(F)c1nc(N2CC3(CCOCC3)c3cc(OC4CCN(c5ncc(F)cn5)CC4)ccc32)ncc1C(=O)NC1CC2CC(C1)CC(C(=O)O)C2. The summed E-state index contributed by atoms with van der Waals surface area (Å²) in [6, 6.07) is 5.63. The summed E-state index contributed by atoms with van der Waals surface area (Å²) in [4.78, 5) is 46.2. The molecule has 282 valence electrons. The molecule has 4 fully saturated rings. The van der Waals surface area contributed by atoms with Gasteiger partial charge in [-0.05, 0) is 80.5 Å². The highest BCUT2D eigenvalue weighted by Crippen LogP contribution is 2.50. The van der Waals surface area contributed by atoms with Gasteiger partial charge in [0, 0.05) is 76.0 Å². The van der Waals surface area contributed by atoms with Gasteiger partial charge in [0.1, 0.15) is 17.5 Å². The molecule has 5 heterocycles. The summed E-state index contributed by atoms with van der Waals surface area (Å²) in [5.74, 6) is -4.03. The fraction of sp³-hybridized carbons (Fsp3) is 0.579. The largest absolute Gasteiger partial charge is 0.490 e. The number of anilines is 3. The van der Waals surface area contributed by atoms with E-state index in [4.69, 9.17) is 9.47 Å². The quantitative estimate of drug-likeness (QED) is 0.291. The average Bonchev–Trinajstić information content (AvgIpc) is 3.43. The molecular formula is C38H44F3N7O5. The lowest BCUT2D eigenvalue weighted by Gasteiger charge is -2.41. The summed E-state index contributed by atoms with van der Waals surface area (Å²) < 4.78 is 56.1. The summed E-state index contributed by atoms with van der Waals surface area (Å²) in [5, 5.41) is 12.5. The third kappa shape index (κ3) is 7.24. The van der Waals surface area contributed by atoms with Crippen molar-refractivity contribution in [2.75, 3.05) is 42.6 Å². The second-order valence-corrected chi connectivity index (χ2v) is 15.6. The Kier molecular flexibility index (Phi) is 9.40. The smallest absolute Gasteiger partial charge is 0.306 e. The normalized spacial score (nSPS) is 25.6. The van der Waals surface area contributed by atoms with Crippen LogP contribution in [-0.4, -0.2) is 81.9 Å². The fourth-order valence-corrected chi connectivity index (χ4v) is 9.36. The van der Waals surface area contributed by atoms with Crippen molar-refractivity contribution in [1.82, 2.24) is 25.3 Å². The molecule has 3 aliphatic heterocycles. The van der Waals surface area contributed by atoms with Gasteiger partial charge in [-0.25, -0.2) is 24.3 Å². The van der Waals surface area contributed by atoms with E-state index in [0.29, 0.717) is 70.2 Å². The van der Waals surface area contributed by atoms with E-state index in [9.17, 15) is 19.1 Å². The fourth-order valence-electron chi connectivity index (χ4n) is 9.36. The van der Waals surface area contributed by atoms with Gasteiger partial charge in [-0.15, -0.1) is 0 Å². The van der Waals surface area contributed by atoms with E-state index < -0.39 is 29.3 Å². The van der Waals surface area contributed by atoms with Crippen molar-refractivity contribution < 1.29 is 37.3 Å². The number of ether oxygens (including phenoxy) is 2. The first-order chi connectivity index (χ1) is 25.4. The first-order valence-corrected chi connectivity index (χ1v) is 18.6. The summed E-state index contributed by atoms with van der Waals surface area (Å²) in [5.41, 5.74) is 0.607. The topological polar surface area (TPSA) is 143 Å². The minimum absolute atomic E-state index is 0.0425. The molecule has 2 N–H and O–H groups in total. The van der Waals surface area contributed by atoms with Gasteiger partial charge in [0.05, 0.1) is 23.9 Å². The molecule has 2 aromatic heterocycles. The Morgan fingerprint density at radius 1 is 0.981 bits per heavy atom. The van der Waals surface area contributed by atoms with Crippen molar-refractivity contribution in [3.05, 3.63) is 59.4 Å². The zero-order chi connectivity index (χ0) is 36.9. The Labute approximate surface area is 305 Å². The van der Waals surface area contributed by atoms with Crippen LogP contribution in [0.5, 0.6) is 5.75 Å². The van der Waals surface area contributed by atoms with Gasteiger partial charge < -0.3 is 29.7 Å². The predicted molar refractivity (Wildman–Crippen MR) is 187 cm³/mol. The number of carboxylic acids is 1.